The number of carbonyl (C=O) groups excluding carboxylic acids is 2. The second kappa shape index (κ2) is 12.8. The van der Waals surface area contributed by atoms with Gasteiger partial charge in [-0.25, -0.2) is 4.79 Å². The summed E-state index contributed by atoms with van der Waals surface area (Å²) in [5.74, 6) is 2.05. The number of hydrogen-bond donors (Lipinski definition) is 1. The van der Waals surface area contributed by atoms with E-state index in [-0.39, 0.29) is 11.9 Å². The maximum Gasteiger partial charge on any atom is 0.321 e. The van der Waals surface area contributed by atoms with Crippen molar-refractivity contribution < 1.29 is 14.3 Å². The van der Waals surface area contributed by atoms with Crippen molar-refractivity contribution in [1.82, 2.24) is 9.80 Å². The van der Waals surface area contributed by atoms with Crippen LogP contribution in [0.1, 0.15) is 39.0 Å². The average molecular weight is 526 g/mol. The van der Waals surface area contributed by atoms with E-state index in [1.807, 2.05) is 89.5 Å². The summed E-state index contributed by atoms with van der Waals surface area (Å²) < 4.78 is 6.00. The molecule has 6 nitrogen and oxygen atoms in total. The molecule has 0 saturated carbocycles. The first-order valence-electron chi connectivity index (χ1n) is 14.3. The molecule has 3 aromatic rings. The van der Waals surface area contributed by atoms with Crippen molar-refractivity contribution in [3.63, 3.8) is 0 Å². The predicted molar refractivity (Wildman–Crippen MR) is 156 cm³/mol. The summed E-state index contributed by atoms with van der Waals surface area (Å²) in [7, 11) is 0. The summed E-state index contributed by atoms with van der Waals surface area (Å²) in [6.45, 7) is 5.12. The fraction of sp³-hybridized carbons (Fsp3) is 0.394. The third kappa shape index (κ3) is 6.62. The molecule has 2 saturated heterocycles. The average Bonchev–Trinajstić information content (AvgIpc) is 3.01. The van der Waals surface area contributed by atoms with Crippen LogP contribution >= 0.6 is 0 Å². The first-order valence-corrected chi connectivity index (χ1v) is 14.3. The molecule has 2 aliphatic rings. The molecule has 5 rings (SSSR count). The third-order valence-corrected chi connectivity index (χ3v) is 8.27. The highest BCUT2D eigenvalue weighted by Crippen LogP contribution is 2.34. The smallest absolute Gasteiger partial charge is 0.321 e. The molecule has 3 amide bonds. The van der Waals surface area contributed by atoms with E-state index >= 15 is 0 Å². The van der Waals surface area contributed by atoms with E-state index in [1.54, 1.807) is 0 Å². The molecular formula is C33H39N3O3. The monoisotopic (exact) mass is 525 g/mol. The van der Waals surface area contributed by atoms with E-state index < -0.39 is 6.10 Å². The van der Waals surface area contributed by atoms with Gasteiger partial charge in [-0.05, 0) is 67.7 Å². The van der Waals surface area contributed by atoms with Crippen LogP contribution in [0.4, 0.5) is 10.5 Å². The summed E-state index contributed by atoms with van der Waals surface area (Å²) in [6.07, 6.45) is 4.30. The Bertz CT molecular complexity index is 1220. The van der Waals surface area contributed by atoms with E-state index in [4.69, 9.17) is 4.74 Å². The molecule has 2 fully saturated rings. The molecule has 0 bridgehead atoms. The molecule has 39 heavy (non-hydrogen) atoms. The highest BCUT2D eigenvalue weighted by atomic mass is 16.5. The Morgan fingerprint density at radius 2 is 1.31 bits per heavy atom. The molecule has 0 aliphatic carbocycles. The van der Waals surface area contributed by atoms with Crippen LogP contribution in [0.3, 0.4) is 0 Å². The van der Waals surface area contributed by atoms with Crippen LogP contribution in [-0.4, -0.2) is 54.0 Å². The Balaban J connectivity index is 1.09. The van der Waals surface area contributed by atoms with Gasteiger partial charge in [0.25, 0.3) is 5.91 Å². The highest BCUT2D eigenvalue weighted by molar-refractivity contribution is 5.94. The van der Waals surface area contributed by atoms with Gasteiger partial charge in [0.15, 0.2) is 6.10 Å². The van der Waals surface area contributed by atoms with E-state index in [0.29, 0.717) is 18.3 Å². The lowest BCUT2D eigenvalue weighted by atomic mass is 9.79. The van der Waals surface area contributed by atoms with Gasteiger partial charge < -0.3 is 19.9 Å². The largest absolute Gasteiger partial charge is 0.481 e. The number of nitrogens with one attached hydrogen (secondary N) is 1. The number of anilines is 1. The number of amides is 3. The SMILES string of the molecule is CCC(Oc1ccccc1)C(=O)N1CCC(C2CCN(C(=O)Nc3ccccc3-c3ccccc3)CC2)CC1. The number of urea groups is 1. The lowest BCUT2D eigenvalue weighted by molar-refractivity contribution is -0.140. The molecule has 0 radical (unpaired) electrons. The summed E-state index contributed by atoms with van der Waals surface area (Å²) >= 11 is 0. The maximum absolute atomic E-state index is 13.1. The molecular weight excluding hydrogens is 486 g/mol. The summed E-state index contributed by atoms with van der Waals surface area (Å²) in [4.78, 5) is 30.2. The van der Waals surface area contributed by atoms with Crippen molar-refractivity contribution in [2.24, 2.45) is 11.8 Å². The number of hydrogen-bond acceptors (Lipinski definition) is 3. The first kappa shape index (κ1) is 26.8. The van der Waals surface area contributed by atoms with Gasteiger partial charge in [0.05, 0.1) is 5.69 Å². The predicted octanol–water partition coefficient (Wildman–Crippen LogP) is 6.69. The zero-order valence-corrected chi connectivity index (χ0v) is 22.8. The van der Waals surface area contributed by atoms with Crippen LogP contribution in [0.2, 0.25) is 0 Å². The van der Waals surface area contributed by atoms with Crippen LogP contribution in [0.5, 0.6) is 5.75 Å². The third-order valence-electron chi connectivity index (χ3n) is 8.27. The van der Waals surface area contributed by atoms with Gasteiger partial charge in [-0.1, -0.05) is 73.7 Å². The zero-order valence-electron chi connectivity index (χ0n) is 22.8. The van der Waals surface area contributed by atoms with Crippen molar-refractivity contribution in [2.75, 3.05) is 31.5 Å². The van der Waals surface area contributed by atoms with Crippen LogP contribution in [0.15, 0.2) is 84.9 Å². The van der Waals surface area contributed by atoms with Crippen molar-refractivity contribution in [1.29, 1.82) is 0 Å². The van der Waals surface area contributed by atoms with Crippen molar-refractivity contribution in [2.45, 2.75) is 45.1 Å². The number of nitrogens with zero attached hydrogens (tertiary/aromatic N) is 2. The second-order valence-corrected chi connectivity index (χ2v) is 10.7. The lowest BCUT2D eigenvalue weighted by Gasteiger charge is -2.40. The van der Waals surface area contributed by atoms with Gasteiger partial charge in [-0.15, -0.1) is 0 Å². The fourth-order valence-corrected chi connectivity index (χ4v) is 6.00. The number of ether oxygens (including phenoxy) is 1. The topological polar surface area (TPSA) is 61.9 Å². The van der Waals surface area contributed by atoms with Crippen LogP contribution in [0, 0.1) is 11.8 Å². The summed E-state index contributed by atoms with van der Waals surface area (Å²) in [5, 5.41) is 3.16. The zero-order chi connectivity index (χ0) is 27.0. The number of benzene rings is 3. The van der Waals surface area contributed by atoms with Crippen LogP contribution in [0.25, 0.3) is 11.1 Å². The van der Waals surface area contributed by atoms with E-state index in [9.17, 15) is 9.59 Å². The molecule has 1 unspecified atom stereocenters. The lowest BCUT2D eigenvalue weighted by Crippen LogP contribution is -2.48. The van der Waals surface area contributed by atoms with Gasteiger partial charge >= 0.3 is 6.03 Å². The quantitative estimate of drug-likeness (QED) is 0.374. The van der Waals surface area contributed by atoms with E-state index in [2.05, 4.69) is 17.4 Å². The Hall–Kier alpha value is -3.80. The highest BCUT2D eigenvalue weighted by Gasteiger charge is 2.34. The second-order valence-electron chi connectivity index (χ2n) is 10.7. The van der Waals surface area contributed by atoms with Crippen LogP contribution in [-0.2, 0) is 4.79 Å². The minimum Gasteiger partial charge on any atom is -0.481 e. The van der Waals surface area contributed by atoms with Gasteiger partial charge in [0, 0.05) is 31.7 Å². The molecule has 2 heterocycles. The fourth-order valence-electron chi connectivity index (χ4n) is 6.00. The van der Waals surface area contributed by atoms with E-state index in [1.165, 1.54) is 0 Å². The minimum absolute atomic E-state index is 0.0266. The Kier molecular flexibility index (Phi) is 8.82. The van der Waals surface area contributed by atoms with Crippen molar-refractivity contribution in [3.8, 4) is 16.9 Å². The number of carbonyl (C=O) groups is 2. The molecule has 1 atom stereocenters. The Morgan fingerprint density at radius 1 is 0.769 bits per heavy atom. The molecule has 3 aromatic carbocycles. The normalized spacial score (nSPS) is 17.5. The molecule has 1 N–H and O–H groups in total. The first-order chi connectivity index (χ1) is 19.1. The number of para-hydroxylation sites is 2. The summed E-state index contributed by atoms with van der Waals surface area (Å²) in [6, 6.07) is 27.7. The maximum atomic E-state index is 13.1. The van der Waals surface area contributed by atoms with Crippen molar-refractivity contribution in [3.05, 3.63) is 84.9 Å². The molecule has 0 aromatic heterocycles. The number of rotatable bonds is 7. The van der Waals surface area contributed by atoms with Crippen LogP contribution < -0.4 is 10.1 Å². The Labute approximate surface area is 232 Å². The number of piperidine rings is 2. The molecule has 6 heteroatoms. The van der Waals surface area contributed by atoms with Gasteiger partial charge in [0.2, 0.25) is 0 Å². The minimum atomic E-state index is -0.433. The van der Waals surface area contributed by atoms with Crippen molar-refractivity contribution >= 4 is 17.6 Å². The standard InChI is InChI=1S/C33H39N3O3/c1-2-31(39-28-13-7-4-8-14-28)32(37)35-21-17-25(18-22-35)26-19-23-36(24-20-26)33(38)34-30-16-10-9-15-29(30)27-11-5-3-6-12-27/h3-16,25-26,31H,2,17-24H2,1H3,(H,34,38). The van der Waals surface area contributed by atoms with E-state index in [0.717, 1.165) is 74.4 Å². The Morgan fingerprint density at radius 3 is 1.92 bits per heavy atom. The van der Waals surface area contributed by atoms with Gasteiger partial charge in [-0.2, -0.15) is 0 Å². The number of likely N-dealkylation sites (tertiary alicyclic amines) is 2. The summed E-state index contributed by atoms with van der Waals surface area (Å²) in [5.41, 5.74) is 2.96. The molecule has 0 spiro atoms. The molecule has 204 valence electrons. The van der Waals surface area contributed by atoms with Gasteiger partial charge in [-0.3, -0.25) is 4.79 Å². The molecule has 2 aliphatic heterocycles. The van der Waals surface area contributed by atoms with Gasteiger partial charge in [0.1, 0.15) is 5.75 Å².